The van der Waals surface area contributed by atoms with E-state index >= 15 is 0 Å². The molecule has 6 nitrogen and oxygen atoms in total. The van der Waals surface area contributed by atoms with Gasteiger partial charge in [0.15, 0.2) is 15.0 Å². The molecule has 1 fully saturated rings. The van der Waals surface area contributed by atoms with Crippen LogP contribution < -0.4 is 10.2 Å². The van der Waals surface area contributed by atoms with Crippen molar-refractivity contribution < 1.29 is 13.2 Å². The second-order valence-corrected chi connectivity index (χ2v) is 11.2. The van der Waals surface area contributed by atoms with Gasteiger partial charge in [-0.15, -0.1) is 0 Å². The van der Waals surface area contributed by atoms with E-state index in [1.165, 1.54) is 11.8 Å². The van der Waals surface area contributed by atoms with E-state index in [0.29, 0.717) is 10.2 Å². The first-order valence-corrected chi connectivity index (χ1v) is 12.7. The van der Waals surface area contributed by atoms with E-state index in [9.17, 15) is 13.2 Å². The summed E-state index contributed by atoms with van der Waals surface area (Å²) >= 11 is 7.47. The second kappa shape index (κ2) is 8.24. The van der Waals surface area contributed by atoms with Gasteiger partial charge in [0.25, 0.3) is 0 Å². The molecular weight excluding hydrogens is 442 g/mol. The highest BCUT2D eigenvalue weighted by Crippen LogP contribution is 2.36. The number of nitrogens with zero attached hydrogens (tertiary/aromatic N) is 2. The summed E-state index contributed by atoms with van der Waals surface area (Å²) in [5.41, 5.74) is 3.65. The Balaban J connectivity index is 1.51. The van der Waals surface area contributed by atoms with Gasteiger partial charge in [0, 0.05) is 16.4 Å². The zero-order valence-electron chi connectivity index (χ0n) is 16.6. The first kappa shape index (κ1) is 21.2. The summed E-state index contributed by atoms with van der Waals surface area (Å²) in [5, 5.41) is 4.17. The van der Waals surface area contributed by atoms with Crippen molar-refractivity contribution >= 4 is 55.6 Å². The van der Waals surface area contributed by atoms with Gasteiger partial charge in [-0.3, -0.25) is 9.79 Å². The number of aliphatic imine (C=N–C) groups is 1. The Bertz CT molecular complexity index is 1130. The normalized spacial score (nSPS) is 22.0. The Morgan fingerprint density at radius 1 is 1.23 bits per heavy atom. The molecule has 2 atom stereocenters. The molecule has 0 aliphatic carbocycles. The summed E-state index contributed by atoms with van der Waals surface area (Å²) in [5.74, 6) is 0.127. The van der Waals surface area contributed by atoms with Crippen LogP contribution in [0.25, 0.3) is 0 Å². The van der Waals surface area contributed by atoms with Crippen LogP contribution in [-0.2, 0) is 14.6 Å². The maximum absolute atomic E-state index is 12.6. The van der Waals surface area contributed by atoms with E-state index < -0.39 is 9.84 Å². The Morgan fingerprint density at radius 3 is 2.80 bits per heavy atom. The quantitative estimate of drug-likeness (QED) is 0.748. The third-order valence-electron chi connectivity index (χ3n) is 5.19. The fourth-order valence-corrected chi connectivity index (χ4v) is 6.70. The molecular formula is C21H22ClN3O3S2. The molecule has 158 valence electrons. The first-order valence-electron chi connectivity index (χ1n) is 9.55. The SMILES string of the molecule is Cc1ccc(C)c(NC(=O)CSC2=NC3CS(=O)(=O)CC3N2c2cccc(Cl)c2)c1. The third-order valence-corrected chi connectivity index (χ3v) is 8.09. The van der Waals surface area contributed by atoms with Crippen molar-refractivity contribution in [3.05, 3.63) is 58.6 Å². The van der Waals surface area contributed by atoms with Crippen molar-refractivity contribution in [3.8, 4) is 0 Å². The van der Waals surface area contributed by atoms with Gasteiger partial charge < -0.3 is 10.2 Å². The molecule has 1 N–H and O–H groups in total. The predicted octanol–water partition coefficient (Wildman–Crippen LogP) is 3.67. The largest absolute Gasteiger partial charge is 0.325 e. The van der Waals surface area contributed by atoms with Gasteiger partial charge in [0.1, 0.15) is 0 Å². The molecule has 0 radical (unpaired) electrons. The summed E-state index contributed by atoms with van der Waals surface area (Å²) in [4.78, 5) is 19.1. The molecule has 2 aromatic rings. The van der Waals surface area contributed by atoms with Gasteiger partial charge in [-0.1, -0.05) is 41.6 Å². The Labute approximate surface area is 185 Å². The van der Waals surface area contributed by atoms with Crippen molar-refractivity contribution in [3.63, 3.8) is 0 Å². The van der Waals surface area contributed by atoms with Crippen LogP contribution in [0.2, 0.25) is 5.02 Å². The number of anilines is 2. The molecule has 0 spiro atoms. The summed E-state index contributed by atoms with van der Waals surface area (Å²) in [6, 6.07) is 12.6. The lowest BCUT2D eigenvalue weighted by Crippen LogP contribution is -2.39. The molecule has 0 bridgehead atoms. The minimum atomic E-state index is -3.13. The average Bonchev–Trinajstić information content (AvgIpc) is 3.14. The number of thioether (sulfide) groups is 1. The van der Waals surface area contributed by atoms with Crippen molar-refractivity contribution in [2.45, 2.75) is 25.9 Å². The molecule has 2 aromatic carbocycles. The van der Waals surface area contributed by atoms with Crippen molar-refractivity contribution in [2.24, 2.45) is 4.99 Å². The van der Waals surface area contributed by atoms with Crippen LogP contribution in [0.1, 0.15) is 11.1 Å². The lowest BCUT2D eigenvalue weighted by molar-refractivity contribution is -0.113. The number of amidine groups is 1. The number of halogens is 1. The van der Waals surface area contributed by atoms with Gasteiger partial charge in [-0.2, -0.15) is 0 Å². The molecule has 0 aromatic heterocycles. The number of rotatable bonds is 4. The van der Waals surface area contributed by atoms with Gasteiger partial charge in [0.2, 0.25) is 5.91 Å². The van der Waals surface area contributed by atoms with E-state index in [-0.39, 0.29) is 35.2 Å². The minimum Gasteiger partial charge on any atom is -0.325 e. The number of carbonyl (C=O) groups excluding carboxylic acids is 1. The van der Waals surface area contributed by atoms with Crippen LogP contribution in [0.3, 0.4) is 0 Å². The Hall–Kier alpha value is -2.03. The molecule has 2 unspecified atom stereocenters. The minimum absolute atomic E-state index is 0.0352. The lowest BCUT2D eigenvalue weighted by atomic mass is 10.1. The van der Waals surface area contributed by atoms with Crippen LogP contribution in [0.4, 0.5) is 11.4 Å². The van der Waals surface area contributed by atoms with Crippen LogP contribution in [0.5, 0.6) is 0 Å². The highest BCUT2D eigenvalue weighted by molar-refractivity contribution is 8.14. The number of benzene rings is 2. The standard InChI is InChI=1S/C21H22ClN3O3S2/c1-13-6-7-14(2)17(8-13)23-20(26)10-29-21-24-18-11-30(27,28)12-19(18)25(21)16-5-3-4-15(22)9-16/h3-9,18-19H,10-12H2,1-2H3,(H,23,26). The smallest absolute Gasteiger partial charge is 0.234 e. The maximum Gasteiger partial charge on any atom is 0.234 e. The second-order valence-electron chi connectivity index (χ2n) is 7.63. The predicted molar refractivity (Wildman–Crippen MR) is 125 cm³/mol. The number of sulfone groups is 1. The van der Waals surface area contributed by atoms with Crippen LogP contribution >= 0.6 is 23.4 Å². The third kappa shape index (κ3) is 4.50. The Morgan fingerprint density at radius 2 is 2.03 bits per heavy atom. The molecule has 0 saturated carbocycles. The van der Waals surface area contributed by atoms with Gasteiger partial charge >= 0.3 is 0 Å². The number of fused-ring (bicyclic) bond motifs is 1. The lowest BCUT2D eigenvalue weighted by Gasteiger charge is -2.26. The molecule has 2 aliphatic rings. The zero-order valence-corrected chi connectivity index (χ0v) is 19.0. The zero-order chi connectivity index (χ0) is 21.5. The van der Waals surface area contributed by atoms with Crippen molar-refractivity contribution in [2.75, 3.05) is 27.5 Å². The molecule has 4 rings (SSSR count). The van der Waals surface area contributed by atoms with E-state index in [1.807, 2.05) is 49.1 Å². The van der Waals surface area contributed by atoms with Crippen LogP contribution in [-0.4, -0.2) is 48.8 Å². The van der Waals surface area contributed by atoms with Crippen molar-refractivity contribution in [1.29, 1.82) is 0 Å². The average molecular weight is 464 g/mol. The summed E-state index contributed by atoms with van der Waals surface area (Å²) in [6.45, 7) is 3.93. The number of carbonyl (C=O) groups is 1. The fraction of sp³-hybridized carbons (Fsp3) is 0.333. The van der Waals surface area contributed by atoms with E-state index in [4.69, 9.17) is 11.6 Å². The number of aryl methyl sites for hydroxylation is 2. The van der Waals surface area contributed by atoms with E-state index in [0.717, 1.165) is 22.5 Å². The highest BCUT2D eigenvalue weighted by atomic mass is 35.5. The first-order chi connectivity index (χ1) is 14.2. The highest BCUT2D eigenvalue weighted by Gasteiger charge is 2.47. The molecule has 1 saturated heterocycles. The topological polar surface area (TPSA) is 78.8 Å². The summed E-state index contributed by atoms with van der Waals surface area (Å²) in [6.07, 6.45) is 0. The molecule has 2 aliphatic heterocycles. The van der Waals surface area contributed by atoms with Crippen LogP contribution in [0.15, 0.2) is 47.5 Å². The van der Waals surface area contributed by atoms with Gasteiger partial charge in [-0.05, 0) is 49.2 Å². The monoisotopic (exact) mass is 463 g/mol. The molecule has 30 heavy (non-hydrogen) atoms. The maximum atomic E-state index is 12.6. The number of hydrogen-bond donors (Lipinski definition) is 1. The number of hydrogen-bond acceptors (Lipinski definition) is 6. The van der Waals surface area contributed by atoms with E-state index in [1.54, 1.807) is 12.1 Å². The van der Waals surface area contributed by atoms with E-state index in [2.05, 4.69) is 10.3 Å². The van der Waals surface area contributed by atoms with Gasteiger partial charge in [-0.25, -0.2) is 8.42 Å². The molecule has 2 heterocycles. The number of nitrogens with one attached hydrogen (secondary N) is 1. The van der Waals surface area contributed by atoms with Crippen LogP contribution in [0, 0.1) is 13.8 Å². The number of amides is 1. The molecule has 1 amide bonds. The summed E-state index contributed by atoms with van der Waals surface area (Å²) in [7, 11) is -3.13. The van der Waals surface area contributed by atoms with Crippen molar-refractivity contribution in [1.82, 2.24) is 0 Å². The summed E-state index contributed by atoms with van der Waals surface area (Å²) < 4.78 is 24.3. The fourth-order valence-electron chi connectivity index (χ4n) is 3.75. The Kier molecular flexibility index (Phi) is 5.83. The molecule has 9 heteroatoms. The van der Waals surface area contributed by atoms with Gasteiger partial charge in [0.05, 0.1) is 29.3 Å².